The molecule has 5 nitrogen and oxygen atoms in total. The van der Waals surface area contributed by atoms with E-state index in [9.17, 15) is 4.79 Å². The summed E-state index contributed by atoms with van der Waals surface area (Å²) in [6.45, 7) is 1.88. The monoisotopic (exact) mass is 237 g/mol. The molecule has 0 fully saturated rings. The fraction of sp³-hybridized carbons (Fsp3) is 0.417. The van der Waals surface area contributed by atoms with Gasteiger partial charge in [0.05, 0.1) is 6.61 Å². The molecule has 5 heteroatoms. The van der Waals surface area contributed by atoms with Gasteiger partial charge in [-0.25, -0.2) is 0 Å². The number of nitrogens with two attached hydrogens (primary N) is 1. The third-order valence-corrected chi connectivity index (χ3v) is 2.36. The molecule has 0 aliphatic carbocycles. The number of carbonyl (C=O) groups is 1. The van der Waals surface area contributed by atoms with Gasteiger partial charge in [0, 0.05) is 12.1 Å². The molecule has 0 aromatic heterocycles. The number of hydrogen-bond donors (Lipinski definition) is 1. The standard InChI is InChI=1S/C12H15NO4/c13-3-4-15-8-10(14)9-1-2-11-12(7-9)17-6-5-16-11/h1-2,7H,3-6,8,13H2. The second-order valence-corrected chi connectivity index (χ2v) is 3.62. The Bertz CT molecular complexity index is 405. The summed E-state index contributed by atoms with van der Waals surface area (Å²) in [6, 6.07) is 5.13. The number of Topliss-reactive ketones (excluding diaryl/α,β-unsaturated/α-hetero) is 1. The fourth-order valence-corrected chi connectivity index (χ4v) is 1.55. The zero-order valence-electron chi connectivity index (χ0n) is 9.48. The van der Waals surface area contributed by atoms with E-state index in [0.717, 1.165) is 0 Å². The van der Waals surface area contributed by atoms with E-state index in [-0.39, 0.29) is 12.4 Å². The highest BCUT2D eigenvalue weighted by Crippen LogP contribution is 2.30. The maximum absolute atomic E-state index is 11.7. The number of benzene rings is 1. The molecule has 0 atom stereocenters. The molecule has 0 bridgehead atoms. The van der Waals surface area contributed by atoms with Crippen molar-refractivity contribution in [3.63, 3.8) is 0 Å². The number of carbonyl (C=O) groups excluding carboxylic acids is 1. The molecule has 1 aromatic rings. The Labute approximate surface area is 99.5 Å². The molecule has 0 amide bonds. The molecular weight excluding hydrogens is 222 g/mol. The second-order valence-electron chi connectivity index (χ2n) is 3.62. The molecular formula is C12H15NO4. The van der Waals surface area contributed by atoms with E-state index in [1.54, 1.807) is 18.2 Å². The summed E-state index contributed by atoms with van der Waals surface area (Å²) in [5.41, 5.74) is 5.83. The van der Waals surface area contributed by atoms with Crippen molar-refractivity contribution in [2.45, 2.75) is 0 Å². The SMILES string of the molecule is NCCOCC(=O)c1ccc2c(c1)OCCO2. The van der Waals surface area contributed by atoms with E-state index in [2.05, 4.69) is 0 Å². The zero-order chi connectivity index (χ0) is 12.1. The summed E-state index contributed by atoms with van der Waals surface area (Å²) >= 11 is 0. The highest BCUT2D eigenvalue weighted by atomic mass is 16.6. The van der Waals surface area contributed by atoms with E-state index in [4.69, 9.17) is 19.9 Å². The Morgan fingerprint density at radius 3 is 2.82 bits per heavy atom. The molecule has 0 radical (unpaired) electrons. The van der Waals surface area contributed by atoms with E-state index in [1.165, 1.54) is 0 Å². The van der Waals surface area contributed by atoms with Gasteiger partial charge in [-0.15, -0.1) is 0 Å². The van der Waals surface area contributed by atoms with E-state index in [1.807, 2.05) is 0 Å². The van der Waals surface area contributed by atoms with Gasteiger partial charge in [-0.3, -0.25) is 4.79 Å². The summed E-state index contributed by atoms with van der Waals surface area (Å²) in [6.07, 6.45) is 0. The minimum Gasteiger partial charge on any atom is -0.486 e. The largest absolute Gasteiger partial charge is 0.486 e. The lowest BCUT2D eigenvalue weighted by Crippen LogP contribution is -2.17. The van der Waals surface area contributed by atoms with Crippen molar-refractivity contribution in [1.29, 1.82) is 0 Å². The summed E-state index contributed by atoms with van der Waals surface area (Å²) in [5.74, 6) is 1.20. The molecule has 0 unspecified atom stereocenters. The van der Waals surface area contributed by atoms with Crippen molar-refractivity contribution in [2.75, 3.05) is 33.0 Å². The first-order valence-electron chi connectivity index (χ1n) is 5.52. The Balaban J connectivity index is 2.03. The minimum absolute atomic E-state index is 0.0385. The molecule has 0 spiro atoms. The molecule has 0 saturated heterocycles. The van der Waals surface area contributed by atoms with Crippen LogP contribution in [0.5, 0.6) is 11.5 Å². The average Bonchev–Trinajstić information content (AvgIpc) is 2.38. The van der Waals surface area contributed by atoms with Gasteiger partial charge in [-0.05, 0) is 18.2 Å². The van der Waals surface area contributed by atoms with Crippen molar-refractivity contribution in [3.8, 4) is 11.5 Å². The highest BCUT2D eigenvalue weighted by Gasteiger charge is 2.14. The van der Waals surface area contributed by atoms with Gasteiger partial charge in [-0.2, -0.15) is 0 Å². The second kappa shape index (κ2) is 5.65. The molecule has 2 rings (SSSR count). The van der Waals surface area contributed by atoms with Gasteiger partial charge in [0.1, 0.15) is 19.8 Å². The van der Waals surface area contributed by atoms with Crippen LogP contribution in [-0.2, 0) is 4.74 Å². The Hall–Kier alpha value is -1.59. The predicted molar refractivity (Wildman–Crippen MR) is 61.6 cm³/mol. The molecule has 1 aromatic carbocycles. The first kappa shape index (κ1) is 11.9. The number of ether oxygens (including phenoxy) is 3. The predicted octanol–water partition coefficient (Wildman–Crippen LogP) is 0.616. The normalized spacial score (nSPS) is 13.5. The van der Waals surface area contributed by atoms with E-state index >= 15 is 0 Å². The molecule has 92 valence electrons. The third-order valence-electron chi connectivity index (χ3n) is 2.36. The van der Waals surface area contributed by atoms with Crippen LogP contribution in [-0.4, -0.2) is 38.8 Å². The lowest BCUT2D eigenvalue weighted by molar-refractivity contribution is 0.0773. The molecule has 0 saturated carbocycles. The summed E-state index contributed by atoms with van der Waals surface area (Å²) in [7, 11) is 0. The van der Waals surface area contributed by atoms with Crippen LogP contribution in [0.2, 0.25) is 0 Å². The molecule has 1 heterocycles. The molecule has 2 N–H and O–H groups in total. The number of ketones is 1. The average molecular weight is 237 g/mol. The van der Waals surface area contributed by atoms with Crippen LogP contribution in [0.15, 0.2) is 18.2 Å². The van der Waals surface area contributed by atoms with Crippen LogP contribution in [0, 0.1) is 0 Å². The quantitative estimate of drug-likeness (QED) is 0.600. The van der Waals surface area contributed by atoms with Crippen LogP contribution in [0.25, 0.3) is 0 Å². The summed E-state index contributed by atoms with van der Waals surface area (Å²) < 4.78 is 15.9. The smallest absolute Gasteiger partial charge is 0.188 e. The van der Waals surface area contributed by atoms with Gasteiger partial charge >= 0.3 is 0 Å². The van der Waals surface area contributed by atoms with Crippen LogP contribution in [0.3, 0.4) is 0 Å². The summed E-state index contributed by atoms with van der Waals surface area (Å²) in [5, 5.41) is 0. The molecule has 1 aliphatic rings. The maximum atomic E-state index is 11.7. The number of rotatable bonds is 5. The molecule has 17 heavy (non-hydrogen) atoms. The van der Waals surface area contributed by atoms with Crippen LogP contribution in [0.1, 0.15) is 10.4 Å². The Morgan fingerprint density at radius 2 is 2.06 bits per heavy atom. The van der Waals surface area contributed by atoms with E-state index in [0.29, 0.717) is 43.4 Å². The van der Waals surface area contributed by atoms with Crippen molar-refractivity contribution in [1.82, 2.24) is 0 Å². The zero-order valence-corrected chi connectivity index (χ0v) is 9.48. The Morgan fingerprint density at radius 1 is 1.29 bits per heavy atom. The lowest BCUT2D eigenvalue weighted by Gasteiger charge is -2.18. The van der Waals surface area contributed by atoms with Crippen molar-refractivity contribution in [2.24, 2.45) is 5.73 Å². The van der Waals surface area contributed by atoms with Crippen molar-refractivity contribution >= 4 is 5.78 Å². The highest BCUT2D eigenvalue weighted by molar-refractivity contribution is 5.97. The maximum Gasteiger partial charge on any atom is 0.188 e. The summed E-state index contributed by atoms with van der Waals surface area (Å²) in [4.78, 5) is 11.7. The van der Waals surface area contributed by atoms with E-state index < -0.39 is 0 Å². The van der Waals surface area contributed by atoms with Crippen molar-refractivity contribution < 1.29 is 19.0 Å². The van der Waals surface area contributed by atoms with Gasteiger partial charge in [0.25, 0.3) is 0 Å². The van der Waals surface area contributed by atoms with Gasteiger partial charge in [0.2, 0.25) is 0 Å². The number of hydrogen-bond acceptors (Lipinski definition) is 5. The van der Waals surface area contributed by atoms with Crippen LogP contribution < -0.4 is 15.2 Å². The van der Waals surface area contributed by atoms with Crippen LogP contribution >= 0.6 is 0 Å². The van der Waals surface area contributed by atoms with Gasteiger partial charge in [0.15, 0.2) is 17.3 Å². The number of fused-ring (bicyclic) bond motifs is 1. The van der Waals surface area contributed by atoms with Gasteiger partial charge in [-0.1, -0.05) is 0 Å². The third kappa shape index (κ3) is 2.95. The van der Waals surface area contributed by atoms with Crippen LogP contribution in [0.4, 0.5) is 0 Å². The fourth-order valence-electron chi connectivity index (χ4n) is 1.55. The van der Waals surface area contributed by atoms with Crippen molar-refractivity contribution in [3.05, 3.63) is 23.8 Å². The lowest BCUT2D eigenvalue weighted by atomic mass is 10.1. The first-order valence-corrected chi connectivity index (χ1v) is 5.52. The first-order chi connectivity index (χ1) is 8.31. The topological polar surface area (TPSA) is 70.8 Å². The molecule has 1 aliphatic heterocycles. The minimum atomic E-state index is -0.0876. The Kier molecular flexibility index (Phi) is 3.95. The van der Waals surface area contributed by atoms with Gasteiger partial charge < -0.3 is 19.9 Å².